The number of para-hydroxylation sites is 1. The van der Waals surface area contributed by atoms with Gasteiger partial charge >= 0.3 is 0 Å². The van der Waals surface area contributed by atoms with Crippen molar-refractivity contribution in [3.63, 3.8) is 0 Å². The number of aryl methyl sites for hydroxylation is 4. The molecule has 0 atom stereocenters. The number of rotatable bonds is 3. The zero-order chi connectivity index (χ0) is 38.3. The van der Waals surface area contributed by atoms with Crippen LogP contribution in [0.4, 0.5) is 0 Å². The Kier molecular flexibility index (Phi) is 5.29. The Hall–Kier alpha value is -4.37. The molecule has 0 saturated carbocycles. The first-order valence-electron chi connectivity index (χ1n) is 18.7. The van der Waals surface area contributed by atoms with Gasteiger partial charge in [0.25, 0.3) is 0 Å². The van der Waals surface area contributed by atoms with Crippen LogP contribution < -0.4 is 0 Å². The van der Waals surface area contributed by atoms with Crippen LogP contribution in [0.25, 0.3) is 55.6 Å². The largest absolute Gasteiger partial charge is 0.500 e. The van der Waals surface area contributed by atoms with Gasteiger partial charge in [-0.1, -0.05) is 90.1 Å². The minimum Gasteiger partial charge on any atom is -0.500 e. The third-order valence-corrected chi connectivity index (χ3v) is 6.56. The van der Waals surface area contributed by atoms with E-state index in [0.717, 1.165) is 28.1 Å². The van der Waals surface area contributed by atoms with Crippen molar-refractivity contribution in [3.8, 4) is 33.6 Å². The Morgan fingerprint density at radius 1 is 0.667 bits per heavy atom. The first-order chi connectivity index (χ1) is 24.8. The van der Waals surface area contributed by atoms with E-state index in [9.17, 15) is 0 Å². The molecule has 3 nitrogen and oxygen atoms in total. The summed E-state index contributed by atoms with van der Waals surface area (Å²) >= 11 is 0. The molecule has 4 heteroatoms. The molecule has 0 saturated heterocycles. The summed E-state index contributed by atoms with van der Waals surface area (Å²) in [6.07, 6.45) is 2.42. The van der Waals surface area contributed by atoms with Crippen LogP contribution in [0.15, 0.2) is 114 Å². The molecular weight excluding hydrogens is 693 g/mol. The second kappa shape index (κ2) is 12.6. The second-order valence-electron chi connectivity index (χ2n) is 9.28. The van der Waals surface area contributed by atoms with Crippen LogP contribution in [-0.4, -0.2) is 9.97 Å². The van der Waals surface area contributed by atoms with Crippen molar-refractivity contribution < 1.29 is 41.0 Å². The smallest absolute Gasteiger partial charge is 0.128 e. The zero-order valence-corrected chi connectivity index (χ0v) is 24.4. The van der Waals surface area contributed by atoms with Gasteiger partial charge in [0.2, 0.25) is 0 Å². The summed E-state index contributed by atoms with van der Waals surface area (Å²) in [6, 6.07) is 34.3. The van der Waals surface area contributed by atoms with Crippen LogP contribution >= 0.6 is 0 Å². The Labute approximate surface area is 277 Å². The van der Waals surface area contributed by atoms with E-state index in [4.69, 9.17) is 20.9 Å². The SMILES string of the molecule is [2H]C([2H])([2H])c1c[c-]c(-c2ccc(C([2H])([2H])[2H])cn2)cc1.[2H]C([2H])([2H])c1cnc(-c2[c-]ccc3c2oc2c(-c4ccccc4)cccc23)cc1C([2H])([2H])[2H].[Ir]. The van der Waals surface area contributed by atoms with E-state index in [0.29, 0.717) is 33.7 Å². The van der Waals surface area contributed by atoms with Crippen molar-refractivity contribution >= 4 is 21.9 Å². The fraction of sp³-hybridized carbons (Fsp3) is 0.105. The molecule has 1 radical (unpaired) electrons. The van der Waals surface area contributed by atoms with E-state index >= 15 is 0 Å². The molecule has 3 aromatic heterocycles. The molecule has 4 aromatic carbocycles. The third kappa shape index (κ3) is 5.97. The summed E-state index contributed by atoms with van der Waals surface area (Å²) in [5.74, 6) is 0. The number of furan rings is 1. The monoisotopic (exact) mass is 735 g/mol. The molecule has 7 rings (SSSR count). The molecule has 0 fully saturated rings. The summed E-state index contributed by atoms with van der Waals surface area (Å²) in [7, 11) is 0. The molecule has 209 valence electrons. The minimum atomic E-state index is -2.61. The van der Waals surface area contributed by atoms with Crippen molar-refractivity contribution in [1.82, 2.24) is 9.97 Å². The average molecular weight is 735 g/mol. The van der Waals surface area contributed by atoms with Crippen LogP contribution in [0.2, 0.25) is 0 Å². The van der Waals surface area contributed by atoms with Crippen molar-refractivity contribution in [2.75, 3.05) is 0 Å². The molecule has 0 amide bonds. The molecule has 3 heterocycles. The van der Waals surface area contributed by atoms with Crippen LogP contribution in [-0.2, 0) is 20.1 Å². The van der Waals surface area contributed by atoms with Crippen molar-refractivity contribution in [2.24, 2.45) is 0 Å². The maximum atomic E-state index is 7.85. The number of nitrogens with zero attached hydrogens (tertiary/aromatic N) is 2. The van der Waals surface area contributed by atoms with E-state index < -0.39 is 27.4 Å². The summed E-state index contributed by atoms with van der Waals surface area (Å²) in [4.78, 5) is 8.36. The molecule has 0 N–H and O–H groups in total. The molecule has 42 heavy (non-hydrogen) atoms. The summed E-state index contributed by atoms with van der Waals surface area (Å²) in [5, 5.41) is 1.76. The summed E-state index contributed by atoms with van der Waals surface area (Å²) < 4.78 is 96.6. The van der Waals surface area contributed by atoms with E-state index in [2.05, 4.69) is 22.1 Å². The van der Waals surface area contributed by atoms with Gasteiger partial charge in [-0.05, 0) is 48.6 Å². The van der Waals surface area contributed by atoms with E-state index in [1.165, 1.54) is 30.5 Å². The normalized spacial score (nSPS) is 16.1. The van der Waals surface area contributed by atoms with Gasteiger partial charge in [-0.3, -0.25) is 0 Å². The summed E-state index contributed by atoms with van der Waals surface area (Å²) in [6.45, 7) is -9.54. The van der Waals surface area contributed by atoms with Crippen molar-refractivity contribution in [3.05, 3.63) is 144 Å². The minimum absolute atomic E-state index is 0. The van der Waals surface area contributed by atoms with Gasteiger partial charge in [-0.25, -0.2) is 0 Å². The molecule has 0 bridgehead atoms. The number of fused-ring (bicyclic) bond motifs is 3. The maximum absolute atomic E-state index is 7.85. The Morgan fingerprint density at radius 2 is 1.48 bits per heavy atom. The van der Waals surface area contributed by atoms with Crippen LogP contribution in [0.3, 0.4) is 0 Å². The molecule has 0 aliphatic carbocycles. The second-order valence-corrected chi connectivity index (χ2v) is 9.28. The number of hydrogen-bond acceptors (Lipinski definition) is 3. The van der Waals surface area contributed by atoms with Gasteiger partial charge in [0.15, 0.2) is 0 Å². The zero-order valence-electron chi connectivity index (χ0n) is 34.0. The quantitative estimate of drug-likeness (QED) is 0.170. The fourth-order valence-corrected chi connectivity index (χ4v) is 4.53. The predicted octanol–water partition coefficient (Wildman–Crippen LogP) is 9.90. The third-order valence-electron chi connectivity index (χ3n) is 6.56. The number of aromatic nitrogens is 2. The van der Waals surface area contributed by atoms with Gasteiger partial charge in [0, 0.05) is 59.9 Å². The molecule has 0 aliphatic rings. The standard InChI is InChI=1S/C25H18NO.C13H12N.Ir/c1-16-14-23(26-15-17(16)2)22-13-7-12-21-20-11-6-10-19(24(20)27-25(21)22)18-8-4-3-5-9-18;1-10-3-6-12(7-4-10)13-8-5-11(2)9-14-13;/h3-12,14-15H,1-2H3;3-6,8-9H,1-2H3;/q2*-1;/i2*1D3,2D3;. The Morgan fingerprint density at radius 3 is 2.21 bits per heavy atom. The topological polar surface area (TPSA) is 38.9 Å². The molecule has 0 unspecified atom stereocenters. The maximum Gasteiger partial charge on any atom is 0.128 e. The average Bonchev–Trinajstić information content (AvgIpc) is 3.50. The molecule has 7 aromatic rings. The number of benzene rings is 4. The summed E-state index contributed by atoms with van der Waals surface area (Å²) in [5.41, 5.74) is 4.95. The fourth-order valence-electron chi connectivity index (χ4n) is 4.53. The van der Waals surface area contributed by atoms with E-state index in [1.807, 2.05) is 54.6 Å². The number of hydrogen-bond donors (Lipinski definition) is 0. The molecule has 0 aliphatic heterocycles. The first-order valence-corrected chi connectivity index (χ1v) is 12.7. The molecule has 0 spiro atoms. The van der Waals surface area contributed by atoms with E-state index in [1.54, 1.807) is 18.2 Å². The Bertz CT molecular complexity index is 2330. The molecular formula is C38H30IrN2O-2. The van der Waals surface area contributed by atoms with Gasteiger partial charge in [-0.15, -0.1) is 53.6 Å². The van der Waals surface area contributed by atoms with Crippen LogP contribution in [0, 0.1) is 39.5 Å². The number of pyridine rings is 2. The van der Waals surface area contributed by atoms with Crippen LogP contribution in [0.5, 0.6) is 0 Å². The van der Waals surface area contributed by atoms with Gasteiger partial charge in [0.1, 0.15) is 5.58 Å². The predicted molar refractivity (Wildman–Crippen MR) is 169 cm³/mol. The Balaban J connectivity index is 0.000000230. The van der Waals surface area contributed by atoms with Crippen LogP contribution in [0.1, 0.15) is 38.7 Å². The van der Waals surface area contributed by atoms with Crippen molar-refractivity contribution in [1.29, 1.82) is 0 Å². The van der Waals surface area contributed by atoms with Gasteiger partial charge in [-0.2, -0.15) is 0 Å². The first kappa shape index (κ1) is 17.6. The van der Waals surface area contributed by atoms with Gasteiger partial charge in [0.05, 0.1) is 5.58 Å². The van der Waals surface area contributed by atoms with Crippen molar-refractivity contribution in [2.45, 2.75) is 27.4 Å². The van der Waals surface area contributed by atoms with Gasteiger partial charge < -0.3 is 14.4 Å². The van der Waals surface area contributed by atoms with E-state index in [-0.39, 0.29) is 42.4 Å².